The zero-order valence-corrected chi connectivity index (χ0v) is 24.9. The molecule has 0 amide bonds. The van der Waals surface area contributed by atoms with Crippen LogP contribution in [0.2, 0.25) is 0 Å². The van der Waals surface area contributed by atoms with Crippen molar-refractivity contribution in [1.29, 1.82) is 0 Å². The van der Waals surface area contributed by atoms with Crippen molar-refractivity contribution in [3.05, 3.63) is 158 Å². The molecule has 2 heterocycles. The average molecular weight is 583 g/mol. The Balaban J connectivity index is 1.40. The van der Waals surface area contributed by atoms with E-state index in [4.69, 9.17) is 0 Å². The van der Waals surface area contributed by atoms with E-state index in [2.05, 4.69) is 167 Å². The summed E-state index contributed by atoms with van der Waals surface area (Å²) < 4.78 is 5.03. The lowest BCUT2D eigenvalue weighted by Gasteiger charge is -2.15. The van der Waals surface area contributed by atoms with Gasteiger partial charge in [0.15, 0.2) is 0 Å². The number of nitrogens with zero attached hydrogens (tertiary/aromatic N) is 2. The Kier molecular flexibility index (Phi) is 4.61. The lowest BCUT2D eigenvalue weighted by molar-refractivity contribution is 1.16. The first-order chi connectivity index (χ1) is 22.9. The third-order valence-corrected chi connectivity index (χ3v) is 10.2. The molecule has 0 unspecified atom stereocenters. The summed E-state index contributed by atoms with van der Waals surface area (Å²) in [5, 5.41) is 10.2. The number of fused-ring (bicyclic) bond motifs is 12. The summed E-state index contributed by atoms with van der Waals surface area (Å²) in [5.74, 6) is 0. The summed E-state index contributed by atoms with van der Waals surface area (Å²) in [4.78, 5) is 0. The molecule has 0 atom stereocenters. The molecule has 0 bridgehead atoms. The molecule has 0 N–H and O–H groups in total. The highest BCUT2D eigenvalue weighted by molar-refractivity contribution is 6.29. The molecule has 0 radical (unpaired) electrons. The first-order valence-corrected chi connectivity index (χ1v) is 16.0. The van der Waals surface area contributed by atoms with Gasteiger partial charge in [0.05, 0.1) is 27.8 Å². The zero-order chi connectivity index (χ0) is 29.9. The summed E-state index contributed by atoms with van der Waals surface area (Å²) >= 11 is 0. The highest BCUT2D eigenvalue weighted by Gasteiger charge is 2.26. The second-order valence-corrected chi connectivity index (χ2v) is 12.5. The number of para-hydroxylation sites is 2. The number of aromatic nitrogens is 2. The molecule has 1 aliphatic carbocycles. The molecule has 2 nitrogen and oxygen atoms in total. The molecule has 2 heteroatoms. The van der Waals surface area contributed by atoms with Crippen LogP contribution in [0.4, 0.5) is 0 Å². The largest absolute Gasteiger partial charge is 0.307 e. The second kappa shape index (κ2) is 8.74. The van der Waals surface area contributed by atoms with Gasteiger partial charge in [0.2, 0.25) is 0 Å². The summed E-state index contributed by atoms with van der Waals surface area (Å²) in [6.45, 7) is 0. The molecule has 11 rings (SSSR count). The topological polar surface area (TPSA) is 9.86 Å². The molecule has 0 fully saturated rings. The fraction of sp³-hybridized carbons (Fsp3) is 0. The SMILES string of the molecule is c1ccc(-n2c3ccccc3c3ccc4c5c6ccccc6ccc5n(-c5ccc6c7c(cccc57)-c5ccccc5-6)c4c32)cc1. The van der Waals surface area contributed by atoms with E-state index in [1.807, 2.05) is 0 Å². The van der Waals surface area contributed by atoms with Crippen molar-refractivity contribution in [2.75, 3.05) is 0 Å². The van der Waals surface area contributed by atoms with Gasteiger partial charge in [0, 0.05) is 32.6 Å². The Labute approximate surface area is 265 Å². The zero-order valence-electron chi connectivity index (χ0n) is 24.9. The van der Waals surface area contributed by atoms with Crippen LogP contribution in [0.3, 0.4) is 0 Å². The molecular weight excluding hydrogens is 556 g/mol. The fourth-order valence-electron chi connectivity index (χ4n) is 8.40. The summed E-state index contributed by atoms with van der Waals surface area (Å²) in [6.07, 6.45) is 0. The van der Waals surface area contributed by atoms with E-state index < -0.39 is 0 Å². The van der Waals surface area contributed by atoms with Crippen molar-refractivity contribution in [3.63, 3.8) is 0 Å². The minimum absolute atomic E-state index is 1.17. The minimum atomic E-state index is 1.17. The maximum absolute atomic E-state index is 2.56. The van der Waals surface area contributed by atoms with Gasteiger partial charge in [0.1, 0.15) is 0 Å². The van der Waals surface area contributed by atoms with E-state index in [1.165, 1.54) is 98.8 Å². The van der Waals surface area contributed by atoms with Gasteiger partial charge in [-0.15, -0.1) is 0 Å². The highest BCUT2D eigenvalue weighted by atomic mass is 15.0. The van der Waals surface area contributed by atoms with Gasteiger partial charge in [-0.2, -0.15) is 0 Å². The van der Waals surface area contributed by atoms with Gasteiger partial charge < -0.3 is 9.13 Å². The van der Waals surface area contributed by atoms with Crippen molar-refractivity contribution in [3.8, 4) is 33.6 Å². The summed E-state index contributed by atoms with van der Waals surface area (Å²) in [6, 6.07) is 58.2. The van der Waals surface area contributed by atoms with Gasteiger partial charge in [0.25, 0.3) is 0 Å². The number of hydrogen-bond donors (Lipinski definition) is 0. The Hall–Kier alpha value is -6.12. The lowest BCUT2D eigenvalue weighted by Crippen LogP contribution is -1.99. The Morgan fingerprint density at radius 2 is 0.957 bits per heavy atom. The molecule has 10 aromatic rings. The van der Waals surface area contributed by atoms with E-state index in [9.17, 15) is 0 Å². The fourth-order valence-corrected chi connectivity index (χ4v) is 8.40. The molecule has 0 saturated carbocycles. The maximum Gasteiger partial charge on any atom is 0.0789 e. The Bertz CT molecular complexity index is 2870. The summed E-state index contributed by atoms with van der Waals surface area (Å²) in [5.41, 5.74) is 12.6. The normalized spacial score (nSPS) is 12.3. The average Bonchev–Trinajstić information content (AvgIpc) is 3.76. The van der Waals surface area contributed by atoms with Crippen LogP contribution in [0.1, 0.15) is 0 Å². The summed E-state index contributed by atoms with van der Waals surface area (Å²) in [7, 11) is 0. The van der Waals surface area contributed by atoms with E-state index in [1.54, 1.807) is 0 Å². The molecule has 0 spiro atoms. The van der Waals surface area contributed by atoms with E-state index in [0.717, 1.165) is 0 Å². The third-order valence-electron chi connectivity index (χ3n) is 10.2. The standard InChI is InChI=1S/C44H26N2/c1-2-12-28(13-3-1)45-38-20-9-8-17-32(38)35-22-23-37-42-29-14-5-4-11-27(29)21-25-40(42)46(44(37)43(35)45)39-26-24-34-31-16-7-6-15-30(31)33-18-10-19-36(39)41(33)34/h1-26H. The molecule has 0 aliphatic heterocycles. The first kappa shape index (κ1) is 24.2. The van der Waals surface area contributed by atoms with Crippen LogP contribution in [0.15, 0.2) is 158 Å². The van der Waals surface area contributed by atoms with Gasteiger partial charge in [-0.1, -0.05) is 127 Å². The van der Waals surface area contributed by atoms with Crippen molar-refractivity contribution in [2.24, 2.45) is 0 Å². The molecule has 8 aromatic carbocycles. The van der Waals surface area contributed by atoms with Gasteiger partial charge in [-0.25, -0.2) is 0 Å². The van der Waals surface area contributed by atoms with Crippen molar-refractivity contribution < 1.29 is 0 Å². The quantitative estimate of drug-likeness (QED) is 0.192. The Morgan fingerprint density at radius 3 is 1.83 bits per heavy atom. The van der Waals surface area contributed by atoms with Crippen LogP contribution in [0, 0.1) is 0 Å². The number of rotatable bonds is 2. The predicted octanol–water partition coefficient (Wildman–Crippen LogP) is 11.8. The van der Waals surface area contributed by atoms with Crippen molar-refractivity contribution in [2.45, 2.75) is 0 Å². The van der Waals surface area contributed by atoms with Gasteiger partial charge in [-0.3, -0.25) is 0 Å². The van der Waals surface area contributed by atoms with E-state index in [-0.39, 0.29) is 0 Å². The Morgan fingerprint density at radius 1 is 0.304 bits per heavy atom. The number of benzene rings is 8. The van der Waals surface area contributed by atoms with Crippen LogP contribution in [-0.2, 0) is 0 Å². The van der Waals surface area contributed by atoms with E-state index >= 15 is 0 Å². The predicted molar refractivity (Wildman–Crippen MR) is 195 cm³/mol. The molecule has 0 saturated heterocycles. The van der Waals surface area contributed by atoms with E-state index in [0.29, 0.717) is 0 Å². The maximum atomic E-state index is 2.56. The van der Waals surface area contributed by atoms with Crippen LogP contribution < -0.4 is 0 Å². The van der Waals surface area contributed by atoms with Crippen molar-refractivity contribution >= 4 is 65.2 Å². The molecule has 46 heavy (non-hydrogen) atoms. The van der Waals surface area contributed by atoms with Crippen LogP contribution in [0.25, 0.3) is 98.8 Å². The molecule has 1 aliphatic rings. The van der Waals surface area contributed by atoms with Crippen LogP contribution in [0.5, 0.6) is 0 Å². The monoisotopic (exact) mass is 582 g/mol. The second-order valence-electron chi connectivity index (χ2n) is 12.5. The van der Waals surface area contributed by atoms with Gasteiger partial charge in [-0.05, 0) is 68.7 Å². The lowest BCUT2D eigenvalue weighted by atomic mass is 10.0. The smallest absolute Gasteiger partial charge is 0.0789 e. The van der Waals surface area contributed by atoms with Crippen molar-refractivity contribution in [1.82, 2.24) is 9.13 Å². The van der Waals surface area contributed by atoms with Crippen LogP contribution >= 0.6 is 0 Å². The molecular formula is C44H26N2. The number of hydrogen-bond acceptors (Lipinski definition) is 0. The molecule has 2 aromatic heterocycles. The van der Waals surface area contributed by atoms with Gasteiger partial charge >= 0.3 is 0 Å². The van der Waals surface area contributed by atoms with Crippen LogP contribution in [-0.4, -0.2) is 9.13 Å². The third kappa shape index (κ3) is 2.96. The molecule has 212 valence electrons. The highest BCUT2D eigenvalue weighted by Crippen LogP contribution is 2.50. The first-order valence-electron chi connectivity index (χ1n) is 16.0. The minimum Gasteiger partial charge on any atom is -0.307 e.